The third kappa shape index (κ3) is 5.57. The molecular formula is C29H37N3O8. The van der Waals surface area contributed by atoms with Crippen molar-refractivity contribution in [2.75, 3.05) is 60.2 Å². The Hall–Kier alpha value is -3.83. The van der Waals surface area contributed by atoms with E-state index in [1.54, 1.807) is 39.0 Å². The van der Waals surface area contributed by atoms with Gasteiger partial charge in [0, 0.05) is 24.2 Å². The fraction of sp³-hybridized carbons (Fsp3) is 0.483. The molecule has 2 aromatic rings. The summed E-state index contributed by atoms with van der Waals surface area (Å²) in [6.07, 6.45) is 0.648. The monoisotopic (exact) mass is 555 g/mol. The van der Waals surface area contributed by atoms with Crippen LogP contribution in [-0.2, 0) is 19.1 Å². The number of aromatic nitrogens is 1. The van der Waals surface area contributed by atoms with Gasteiger partial charge in [0.25, 0.3) is 5.91 Å². The summed E-state index contributed by atoms with van der Waals surface area (Å²) in [5.41, 5.74) is 1.51. The molecule has 11 nitrogen and oxygen atoms in total. The summed E-state index contributed by atoms with van der Waals surface area (Å²) in [7, 11) is 3.01. The molecule has 0 bridgehead atoms. The molecule has 0 spiro atoms. The van der Waals surface area contributed by atoms with Gasteiger partial charge in [0.1, 0.15) is 18.8 Å². The second-order valence-corrected chi connectivity index (χ2v) is 9.90. The lowest BCUT2D eigenvalue weighted by molar-refractivity contribution is -0.908. The fourth-order valence-electron chi connectivity index (χ4n) is 5.51. The van der Waals surface area contributed by atoms with E-state index in [-0.39, 0.29) is 23.4 Å². The Bertz CT molecular complexity index is 1310. The normalized spacial score (nSPS) is 19.2. The second kappa shape index (κ2) is 12.6. The van der Waals surface area contributed by atoms with Gasteiger partial charge in [0.2, 0.25) is 5.78 Å². The van der Waals surface area contributed by atoms with Crippen molar-refractivity contribution in [3.05, 3.63) is 51.9 Å². The van der Waals surface area contributed by atoms with Gasteiger partial charge in [-0.05, 0) is 49.6 Å². The van der Waals surface area contributed by atoms with Crippen molar-refractivity contribution < 1.29 is 43.3 Å². The van der Waals surface area contributed by atoms with Crippen molar-refractivity contribution in [1.82, 2.24) is 9.88 Å². The predicted molar refractivity (Wildman–Crippen MR) is 143 cm³/mol. The molecule has 0 aliphatic carbocycles. The molecule has 4 rings (SSSR count). The van der Waals surface area contributed by atoms with Crippen LogP contribution in [0.4, 0.5) is 0 Å². The molecule has 3 heterocycles. The molecule has 1 amide bonds. The molecule has 2 aliphatic heterocycles. The highest BCUT2D eigenvalue weighted by atomic mass is 16.5. The largest absolute Gasteiger partial charge is 0.872 e. The Kier molecular flexibility index (Phi) is 9.16. The highest BCUT2D eigenvalue weighted by molar-refractivity contribution is 6.46. The minimum Gasteiger partial charge on any atom is -0.872 e. The van der Waals surface area contributed by atoms with Gasteiger partial charge in [-0.1, -0.05) is 11.8 Å². The lowest BCUT2D eigenvalue weighted by Gasteiger charge is -2.29. The van der Waals surface area contributed by atoms with E-state index >= 15 is 0 Å². The maximum absolute atomic E-state index is 14.1. The number of amides is 1. The number of methoxy groups -OCH3 is 2. The minimum absolute atomic E-state index is 0.146. The number of benzene rings is 1. The van der Waals surface area contributed by atoms with E-state index in [0.29, 0.717) is 54.5 Å². The third-order valence-electron chi connectivity index (χ3n) is 7.53. The number of likely N-dealkylation sites (tertiary alicyclic amines) is 1. The lowest BCUT2D eigenvalue weighted by atomic mass is 9.93. The lowest BCUT2D eigenvalue weighted by Crippen LogP contribution is -3.14. The smallest absolute Gasteiger partial charge is 0.355 e. The maximum atomic E-state index is 14.1. The molecule has 11 heteroatoms. The van der Waals surface area contributed by atoms with Crippen molar-refractivity contribution in [3.63, 3.8) is 0 Å². The molecule has 2 fully saturated rings. The third-order valence-corrected chi connectivity index (χ3v) is 7.53. The Morgan fingerprint density at radius 1 is 1.15 bits per heavy atom. The van der Waals surface area contributed by atoms with Crippen LogP contribution in [0.3, 0.4) is 0 Å². The number of rotatable bonds is 10. The molecule has 2 N–H and O–H groups in total. The summed E-state index contributed by atoms with van der Waals surface area (Å²) in [6, 6.07) is 4.17. The fourth-order valence-corrected chi connectivity index (χ4v) is 5.51. The predicted octanol–water partition coefficient (Wildman–Crippen LogP) is 0.355. The highest BCUT2D eigenvalue weighted by Crippen LogP contribution is 2.42. The SMILES string of the molecule is CCOC(=O)c1[nH]c(C)c(/C([O-])=C2\C(=O)C(=O)N(CCC[NH+]3CCOCC3)C2c2ccc(OC)c(OC)c2)c1C. The van der Waals surface area contributed by atoms with Crippen LogP contribution in [0.25, 0.3) is 5.76 Å². The quantitative estimate of drug-likeness (QED) is 0.186. The molecule has 0 radical (unpaired) electrons. The minimum atomic E-state index is -0.924. The Morgan fingerprint density at radius 2 is 1.85 bits per heavy atom. The van der Waals surface area contributed by atoms with Crippen LogP contribution in [-0.4, -0.2) is 87.8 Å². The van der Waals surface area contributed by atoms with Crippen molar-refractivity contribution in [3.8, 4) is 11.5 Å². The van der Waals surface area contributed by atoms with E-state index in [9.17, 15) is 19.5 Å². The van der Waals surface area contributed by atoms with Crippen LogP contribution >= 0.6 is 0 Å². The summed E-state index contributed by atoms with van der Waals surface area (Å²) in [4.78, 5) is 45.1. The molecule has 40 heavy (non-hydrogen) atoms. The molecule has 2 aliphatic rings. The number of carbonyl (C=O) groups is 3. The van der Waals surface area contributed by atoms with Gasteiger partial charge in [0.05, 0.1) is 46.6 Å². The molecule has 1 unspecified atom stereocenters. The number of nitrogens with zero attached hydrogens (tertiary/aromatic N) is 1. The number of aromatic amines is 1. The van der Waals surface area contributed by atoms with Gasteiger partial charge in [-0.25, -0.2) is 4.79 Å². The molecule has 1 atom stereocenters. The number of morpholine rings is 1. The number of carbonyl (C=O) groups excluding carboxylic acids is 3. The number of hydrogen-bond acceptors (Lipinski definition) is 8. The maximum Gasteiger partial charge on any atom is 0.355 e. The summed E-state index contributed by atoms with van der Waals surface area (Å²) in [6.45, 7) is 9.40. The number of esters is 1. The number of ether oxygens (including phenoxy) is 4. The first-order valence-corrected chi connectivity index (χ1v) is 13.5. The summed E-state index contributed by atoms with van der Waals surface area (Å²) >= 11 is 0. The Labute approximate surface area is 233 Å². The van der Waals surface area contributed by atoms with Crippen molar-refractivity contribution in [2.45, 2.75) is 33.2 Å². The van der Waals surface area contributed by atoms with Crippen molar-refractivity contribution in [1.29, 1.82) is 0 Å². The van der Waals surface area contributed by atoms with Gasteiger partial charge < -0.3 is 38.8 Å². The highest BCUT2D eigenvalue weighted by Gasteiger charge is 2.44. The van der Waals surface area contributed by atoms with Gasteiger partial charge in [-0.2, -0.15) is 0 Å². The number of ketones is 1. The van der Waals surface area contributed by atoms with Crippen LogP contribution in [0.2, 0.25) is 0 Å². The molecule has 1 aromatic heterocycles. The van der Waals surface area contributed by atoms with E-state index < -0.39 is 29.5 Å². The number of hydrogen-bond donors (Lipinski definition) is 2. The first kappa shape index (κ1) is 29.2. The molecule has 2 saturated heterocycles. The van der Waals surface area contributed by atoms with Crippen molar-refractivity contribution in [2.24, 2.45) is 0 Å². The number of Topliss-reactive ketones (excluding diaryl/α,β-unsaturated/α-hetero) is 1. The molecule has 0 saturated carbocycles. The van der Waals surface area contributed by atoms with Gasteiger partial charge in [-0.3, -0.25) is 9.59 Å². The number of aryl methyl sites for hydroxylation is 1. The van der Waals surface area contributed by atoms with Crippen LogP contribution in [0.5, 0.6) is 11.5 Å². The van der Waals surface area contributed by atoms with Gasteiger partial charge in [0.15, 0.2) is 11.5 Å². The standard InChI is InChI=1S/C29H37N3O8/c1-6-40-29(36)24-17(2)22(18(3)30-24)26(33)23-25(19-8-9-20(37-4)21(16-19)38-5)32(28(35)27(23)34)11-7-10-31-12-14-39-15-13-31/h8-9,16,25,30,33H,6-7,10-15H2,1-5H3/b26-23+. The van der Waals surface area contributed by atoms with Crippen LogP contribution < -0.4 is 19.5 Å². The van der Waals surface area contributed by atoms with E-state index in [1.165, 1.54) is 24.0 Å². The summed E-state index contributed by atoms with van der Waals surface area (Å²) in [5, 5.41) is 14.1. The first-order chi connectivity index (χ1) is 19.2. The molecule has 216 valence electrons. The average Bonchev–Trinajstić information content (AvgIpc) is 3.40. The first-order valence-electron chi connectivity index (χ1n) is 13.5. The zero-order valence-corrected chi connectivity index (χ0v) is 23.7. The van der Waals surface area contributed by atoms with E-state index in [4.69, 9.17) is 18.9 Å². The second-order valence-electron chi connectivity index (χ2n) is 9.90. The van der Waals surface area contributed by atoms with Crippen LogP contribution in [0.15, 0.2) is 23.8 Å². The average molecular weight is 556 g/mol. The van der Waals surface area contributed by atoms with Crippen molar-refractivity contribution >= 4 is 23.4 Å². The van der Waals surface area contributed by atoms with Crippen LogP contribution in [0.1, 0.15) is 52.3 Å². The summed E-state index contributed by atoms with van der Waals surface area (Å²) < 4.78 is 21.4. The Morgan fingerprint density at radius 3 is 2.50 bits per heavy atom. The topological polar surface area (TPSA) is 135 Å². The van der Waals surface area contributed by atoms with E-state index in [1.807, 2.05) is 0 Å². The zero-order chi connectivity index (χ0) is 29.0. The van der Waals surface area contributed by atoms with Gasteiger partial charge in [-0.15, -0.1) is 0 Å². The van der Waals surface area contributed by atoms with Gasteiger partial charge >= 0.3 is 5.97 Å². The van der Waals surface area contributed by atoms with Crippen LogP contribution in [0, 0.1) is 13.8 Å². The van der Waals surface area contributed by atoms with E-state index in [0.717, 1.165) is 19.6 Å². The zero-order valence-electron chi connectivity index (χ0n) is 23.7. The summed E-state index contributed by atoms with van der Waals surface area (Å²) in [5.74, 6) is -1.87. The number of quaternary nitrogens is 1. The molecular weight excluding hydrogens is 518 g/mol. The number of H-pyrrole nitrogens is 1. The number of nitrogens with one attached hydrogen (secondary N) is 2. The Balaban J connectivity index is 1.78. The molecule has 1 aromatic carbocycles. The van der Waals surface area contributed by atoms with E-state index in [2.05, 4.69) is 4.98 Å².